The van der Waals surface area contributed by atoms with Gasteiger partial charge in [-0.25, -0.2) is 4.39 Å². The summed E-state index contributed by atoms with van der Waals surface area (Å²) in [6.45, 7) is 1.93. The second kappa shape index (κ2) is 13.3. The van der Waals surface area contributed by atoms with Gasteiger partial charge in [0.25, 0.3) is 0 Å². The summed E-state index contributed by atoms with van der Waals surface area (Å²) in [6, 6.07) is 10.7. The van der Waals surface area contributed by atoms with E-state index in [1.165, 1.54) is 64.2 Å². The van der Waals surface area contributed by atoms with Crippen molar-refractivity contribution in [2.75, 3.05) is 0 Å². The van der Waals surface area contributed by atoms with Crippen molar-refractivity contribution in [2.45, 2.75) is 115 Å². The van der Waals surface area contributed by atoms with Crippen LogP contribution in [0.15, 0.2) is 18.2 Å². The lowest BCUT2D eigenvalue weighted by molar-refractivity contribution is 0.184. The minimum Gasteiger partial charge on any atom is -0.246 e. The van der Waals surface area contributed by atoms with E-state index >= 15 is 0 Å². The molecule has 1 heterocycles. The largest absolute Gasteiger partial charge is 0.246 e. The molecule has 1 saturated carbocycles. The quantitative estimate of drug-likeness (QED) is 0.233. The Balaban J connectivity index is 1.28. The number of halogens is 2. The Kier molecular flexibility index (Phi) is 10.7. The Morgan fingerprint density at radius 1 is 0.900 bits per heavy atom. The van der Waals surface area contributed by atoms with Gasteiger partial charge >= 0.3 is 0 Å². The van der Waals surface area contributed by atoms with E-state index in [9.17, 15) is 4.39 Å². The molecule has 1 aliphatic heterocycles. The zero-order valence-electron chi connectivity index (χ0n) is 19.3. The Morgan fingerprint density at radius 3 is 2.33 bits per heavy atom. The summed E-state index contributed by atoms with van der Waals surface area (Å²) in [5.74, 6) is 3.07. The van der Waals surface area contributed by atoms with E-state index in [4.69, 9.17) is 11.6 Å². The lowest BCUT2D eigenvalue weighted by Gasteiger charge is -2.37. The highest BCUT2D eigenvalue weighted by Crippen LogP contribution is 2.42. The highest BCUT2D eigenvalue weighted by atomic mass is 35.5. The minimum atomic E-state index is -0.400. The zero-order valence-corrected chi connectivity index (χ0v) is 21.2. The van der Waals surface area contributed by atoms with Crippen LogP contribution in [0, 0.1) is 17.8 Å². The number of hydrogen-bond acceptors (Lipinski definition) is 0. The summed E-state index contributed by atoms with van der Waals surface area (Å²) in [5, 5.41) is 0.649. The number of unbranched alkanes of at least 4 members (excludes halogenated alkanes) is 3. The predicted octanol–water partition coefficient (Wildman–Crippen LogP) is 9.16. The third-order valence-corrected chi connectivity index (χ3v) is 12.0. The van der Waals surface area contributed by atoms with Crippen LogP contribution in [0.5, 0.6) is 0 Å². The Bertz CT molecular complexity index is 603. The second-order valence-electron chi connectivity index (χ2n) is 10.3. The van der Waals surface area contributed by atoms with Crippen LogP contribution in [0.3, 0.4) is 0 Å². The van der Waals surface area contributed by atoms with Crippen molar-refractivity contribution in [1.82, 2.24) is 0 Å². The number of hydrogen-bond donors (Lipinski definition) is 0. The lowest BCUT2D eigenvalue weighted by Crippen LogP contribution is -2.28. The van der Waals surface area contributed by atoms with Crippen LogP contribution in [-0.2, 0) is 13.1 Å². The van der Waals surface area contributed by atoms with Crippen molar-refractivity contribution in [3.8, 4) is 0 Å². The first-order valence-electron chi connectivity index (χ1n) is 13.0. The molecule has 0 nitrogen and oxygen atoms in total. The van der Waals surface area contributed by atoms with Gasteiger partial charge in [0, 0.05) is 13.8 Å². The fourth-order valence-corrected chi connectivity index (χ4v) is 10.0. The monoisotopic (exact) mass is 450 g/mol. The molecule has 1 aliphatic carbocycles. The molecule has 0 bridgehead atoms. The topological polar surface area (TPSA) is 0 Å². The minimum absolute atomic E-state index is 0.348. The third kappa shape index (κ3) is 7.66. The van der Waals surface area contributed by atoms with E-state index in [1.807, 2.05) is 12.1 Å². The van der Waals surface area contributed by atoms with Crippen LogP contribution in [-0.4, -0.2) is 8.80 Å². The van der Waals surface area contributed by atoms with Crippen molar-refractivity contribution >= 4 is 20.4 Å². The number of rotatable bonds is 11. The zero-order chi connectivity index (χ0) is 21.2. The summed E-state index contributed by atoms with van der Waals surface area (Å²) < 4.78 is 13.2. The van der Waals surface area contributed by atoms with Crippen LogP contribution in [0.1, 0.15) is 95.1 Å². The molecule has 0 unspecified atom stereocenters. The molecule has 0 radical (unpaired) electrons. The van der Waals surface area contributed by atoms with Gasteiger partial charge in [0.15, 0.2) is 0 Å². The van der Waals surface area contributed by atoms with Crippen molar-refractivity contribution in [3.63, 3.8) is 0 Å². The van der Waals surface area contributed by atoms with Gasteiger partial charge in [0.1, 0.15) is 6.67 Å². The smallest absolute Gasteiger partial charge is 0.115 e. The van der Waals surface area contributed by atoms with Gasteiger partial charge in [0.2, 0.25) is 0 Å². The Labute approximate surface area is 192 Å². The first-order valence-corrected chi connectivity index (χ1v) is 15.9. The van der Waals surface area contributed by atoms with Crippen molar-refractivity contribution in [1.29, 1.82) is 0 Å². The van der Waals surface area contributed by atoms with Crippen molar-refractivity contribution in [3.05, 3.63) is 34.3 Å². The molecular weight excluding hydrogens is 407 g/mol. The maximum atomic E-state index is 13.2. The number of benzene rings is 1. The fraction of sp³-hybridized carbons (Fsp3) is 0.778. The standard InChI is InChI=1S/C27H44ClFSi/c1-2-3-6-17-30-18-15-25(16-19-30)24-11-9-22(10-12-24)7-4-5-8-23-13-14-27(28)20-26(23)21-29/h13-14,20,22,24-25,30H,2-12,15-19,21H2,1H3. The molecule has 170 valence electrons. The number of alkyl halides is 1. The molecule has 0 N–H and O–H groups in total. The van der Waals surface area contributed by atoms with Gasteiger partial charge in [-0.2, -0.15) is 0 Å². The summed E-state index contributed by atoms with van der Waals surface area (Å²) in [7, 11) is -0.348. The summed E-state index contributed by atoms with van der Waals surface area (Å²) in [6.07, 6.45) is 18.3. The molecule has 2 fully saturated rings. The molecule has 3 heteroatoms. The van der Waals surface area contributed by atoms with Gasteiger partial charge in [-0.05, 0) is 66.7 Å². The summed E-state index contributed by atoms with van der Waals surface area (Å²) in [5.41, 5.74) is 1.94. The molecule has 30 heavy (non-hydrogen) atoms. The van der Waals surface area contributed by atoms with Gasteiger partial charge < -0.3 is 0 Å². The maximum Gasteiger partial charge on any atom is 0.115 e. The lowest BCUT2D eigenvalue weighted by atomic mass is 9.73. The summed E-state index contributed by atoms with van der Waals surface area (Å²) in [4.78, 5) is 0. The van der Waals surface area contributed by atoms with E-state index < -0.39 is 6.67 Å². The first kappa shape index (κ1) is 24.3. The van der Waals surface area contributed by atoms with E-state index in [1.54, 1.807) is 37.0 Å². The van der Waals surface area contributed by atoms with Crippen molar-refractivity contribution in [2.24, 2.45) is 17.8 Å². The van der Waals surface area contributed by atoms with Crippen LogP contribution in [0.2, 0.25) is 23.2 Å². The fourth-order valence-electron chi connectivity index (χ4n) is 6.29. The molecule has 1 aromatic carbocycles. The SMILES string of the molecule is CCCCC[SiH]1CCC(C2CCC(CCCCc3ccc(Cl)cc3CF)CC2)CC1. The van der Waals surface area contributed by atoms with E-state index in [0.29, 0.717) is 5.02 Å². The predicted molar refractivity (Wildman–Crippen MR) is 133 cm³/mol. The number of aryl methyl sites for hydroxylation is 1. The van der Waals surface area contributed by atoms with Gasteiger partial charge in [-0.3, -0.25) is 0 Å². The molecule has 0 atom stereocenters. The molecule has 0 amide bonds. The highest BCUT2D eigenvalue weighted by Gasteiger charge is 2.30. The van der Waals surface area contributed by atoms with Gasteiger partial charge in [0.05, 0.1) is 0 Å². The summed E-state index contributed by atoms with van der Waals surface area (Å²) >= 11 is 5.99. The van der Waals surface area contributed by atoms with E-state index in [2.05, 4.69) is 6.92 Å². The van der Waals surface area contributed by atoms with Crippen LogP contribution in [0.25, 0.3) is 0 Å². The molecule has 2 aliphatic rings. The molecule has 0 aromatic heterocycles. The second-order valence-corrected chi connectivity index (χ2v) is 14.3. The molecule has 1 saturated heterocycles. The highest BCUT2D eigenvalue weighted by molar-refractivity contribution is 6.58. The first-order chi connectivity index (χ1) is 14.7. The molecule has 1 aromatic rings. The van der Waals surface area contributed by atoms with Gasteiger partial charge in [-0.1, -0.05) is 101 Å². The normalized spacial score (nSPS) is 27.3. The van der Waals surface area contributed by atoms with Crippen LogP contribution in [0.4, 0.5) is 4.39 Å². The van der Waals surface area contributed by atoms with Crippen molar-refractivity contribution < 1.29 is 4.39 Å². The van der Waals surface area contributed by atoms with E-state index in [-0.39, 0.29) is 8.80 Å². The maximum absolute atomic E-state index is 13.2. The van der Waals surface area contributed by atoms with Gasteiger partial charge in [-0.15, -0.1) is 0 Å². The van der Waals surface area contributed by atoms with Crippen LogP contribution >= 0.6 is 11.6 Å². The Hall–Kier alpha value is -0.343. The molecule has 0 spiro atoms. The van der Waals surface area contributed by atoms with E-state index in [0.717, 1.165) is 35.3 Å². The average molecular weight is 451 g/mol. The molecule has 3 rings (SSSR count). The third-order valence-electron chi connectivity index (χ3n) is 8.29. The average Bonchev–Trinajstić information content (AvgIpc) is 2.78. The Morgan fingerprint density at radius 2 is 1.63 bits per heavy atom. The molecular formula is C27H44ClFSi. The van der Waals surface area contributed by atoms with Crippen LogP contribution < -0.4 is 0 Å².